The maximum Gasteiger partial charge on any atom is 0.306 e. The highest BCUT2D eigenvalue weighted by atomic mass is 16.5. The normalized spacial score (nSPS) is 10.8. The van der Waals surface area contributed by atoms with Crippen molar-refractivity contribution < 1.29 is 9.53 Å². The number of nitrogens with one attached hydrogen (secondary N) is 1. The van der Waals surface area contributed by atoms with E-state index in [0.717, 1.165) is 13.0 Å². The molecule has 0 aliphatic rings. The van der Waals surface area contributed by atoms with Gasteiger partial charge in [0.15, 0.2) is 0 Å². The molecule has 0 aliphatic heterocycles. The first-order valence-electron chi connectivity index (χ1n) is 5.16. The highest BCUT2D eigenvalue weighted by Gasteiger charge is 2.16. The van der Waals surface area contributed by atoms with Crippen molar-refractivity contribution in [1.82, 2.24) is 5.32 Å². The summed E-state index contributed by atoms with van der Waals surface area (Å²) in [6.45, 7) is 5.65. The molecule has 0 saturated heterocycles. The molecule has 0 aromatic rings. The molecule has 4 heteroatoms. The van der Waals surface area contributed by atoms with Crippen molar-refractivity contribution in [2.75, 3.05) is 20.2 Å². The highest BCUT2D eigenvalue weighted by molar-refractivity contribution is 5.69. The summed E-state index contributed by atoms with van der Waals surface area (Å²) >= 11 is 0. The van der Waals surface area contributed by atoms with Crippen LogP contribution in [0.5, 0.6) is 0 Å². The van der Waals surface area contributed by atoms with Crippen LogP contribution in [0.15, 0.2) is 0 Å². The molecule has 0 heterocycles. The molecule has 0 unspecified atom stereocenters. The smallest absolute Gasteiger partial charge is 0.306 e. The third kappa shape index (κ3) is 7.95. The minimum atomic E-state index is -0.197. The van der Waals surface area contributed by atoms with Gasteiger partial charge in [0.25, 0.3) is 0 Å². The Morgan fingerprint density at radius 2 is 2.20 bits per heavy atom. The van der Waals surface area contributed by atoms with Gasteiger partial charge in [0.05, 0.1) is 19.6 Å². The van der Waals surface area contributed by atoms with Crippen LogP contribution in [0, 0.1) is 16.7 Å². The van der Waals surface area contributed by atoms with E-state index in [1.54, 1.807) is 0 Å². The fourth-order valence-electron chi connectivity index (χ4n) is 1.20. The topological polar surface area (TPSA) is 62.1 Å². The van der Waals surface area contributed by atoms with Gasteiger partial charge >= 0.3 is 5.97 Å². The fraction of sp³-hybridized carbons (Fsp3) is 0.818. The van der Waals surface area contributed by atoms with Crippen molar-refractivity contribution in [3.63, 3.8) is 0 Å². The number of carbonyl (C=O) groups is 1. The van der Waals surface area contributed by atoms with E-state index < -0.39 is 0 Å². The van der Waals surface area contributed by atoms with Crippen molar-refractivity contribution in [3.05, 3.63) is 0 Å². The largest absolute Gasteiger partial charge is 0.469 e. The predicted octanol–water partition coefficient (Wildman–Crippen LogP) is 1.47. The number of methoxy groups -OCH3 is 1. The van der Waals surface area contributed by atoms with Crippen LogP contribution in [0.4, 0.5) is 0 Å². The summed E-state index contributed by atoms with van der Waals surface area (Å²) in [6, 6.07) is 2.14. The standard InChI is InChI=1S/C11H20N2O2/c1-11(2,6-4-7-12)9-13-8-5-10(14)15-3/h13H,4-6,8-9H2,1-3H3. The Labute approximate surface area is 91.6 Å². The highest BCUT2D eigenvalue weighted by Crippen LogP contribution is 2.20. The van der Waals surface area contributed by atoms with Crippen molar-refractivity contribution in [2.45, 2.75) is 33.1 Å². The third-order valence-corrected chi connectivity index (χ3v) is 2.25. The van der Waals surface area contributed by atoms with Crippen molar-refractivity contribution in [2.24, 2.45) is 5.41 Å². The summed E-state index contributed by atoms with van der Waals surface area (Å²) in [5, 5.41) is 11.7. The molecule has 0 aromatic carbocycles. The second-order valence-electron chi connectivity index (χ2n) is 4.33. The van der Waals surface area contributed by atoms with Gasteiger partial charge in [-0.3, -0.25) is 4.79 Å². The summed E-state index contributed by atoms with van der Waals surface area (Å²) in [7, 11) is 1.39. The van der Waals surface area contributed by atoms with Crippen molar-refractivity contribution in [1.29, 1.82) is 5.26 Å². The molecule has 0 aliphatic carbocycles. The molecular formula is C11H20N2O2. The fourth-order valence-corrected chi connectivity index (χ4v) is 1.20. The van der Waals surface area contributed by atoms with Crippen LogP contribution in [0.1, 0.15) is 33.1 Å². The molecule has 0 aromatic heterocycles. The monoisotopic (exact) mass is 212 g/mol. The molecule has 0 radical (unpaired) electrons. The Kier molecular flexibility index (Phi) is 6.72. The van der Waals surface area contributed by atoms with Gasteiger partial charge in [-0.2, -0.15) is 5.26 Å². The maximum atomic E-state index is 10.8. The number of rotatable bonds is 7. The van der Waals surface area contributed by atoms with Crippen LogP contribution >= 0.6 is 0 Å². The number of esters is 1. The zero-order valence-electron chi connectivity index (χ0n) is 9.80. The van der Waals surface area contributed by atoms with E-state index in [9.17, 15) is 4.79 Å². The minimum absolute atomic E-state index is 0.103. The second kappa shape index (κ2) is 7.24. The average molecular weight is 212 g/mol. The first-order valence-corrected chi connectivity index (χ1v) is 5.16. The van der Waals surface area contributed by atoms with E-state index >= 15 is 0 Å². The van der Waals surface area contributed by atoms with Crippen LogP contribution in [0.2, 0.25) is 0 Å². The molecule has 86 valence electrons. The molecule has 0 amide bonds. The average Bonchev–Trinajstić information content (AvgIpc) is 2.21. The number of nitriles is 1. The van der Waals surface area contributed by atoms with Gasteiger partial charge in [-0.1, -0.05) is 13.8 Å². The molecule has 15 heavy (non-hydrogen) atoms. The van der Waals surface area contributed by atoms with E-state index in [1.165, 1.54) is 7.11 Å². The number of ether oxygens (including phenoxy) is 1. The molecule has 0 spiro atoms. The van der Waals surface area contributed by atoms with Gasteiger partial charge in [0.1, 0.15) is 0 Å². The molecule has 0 fully saturated rings. The zero-order chi connectivity index (χ0) is 11.7. The Bertz CT molecular complexity index is 231. The first kappa shape index (κ1) is 13.9. The van der Waals surface area contributed by atoms with E-state index in [0.29, 0.717) is 19.4 Å². The van der Waals surface area contributed by atoms with Gasteiger partial charge in [-0.15, -0.1) is 0 Å². The van der Waals surface area contributed by atoms with Crippen LogP contribution < -0.4 is 5.32 Å². The summed E-state index contributed by atoms with van der Waals surface area (Å²) in [6.07, 6.45) is 1.84. The Morgan fingerprint density at radius 1 is 1.53 bits per heavy atom. The molecule has 1 N–H and O–H groups in total. The van der Waals surface area contributed by atoms with Crippen molar-refractivity contribution >= 4 is 5.97 Å². The molecule has 0 atom stereocenters. The molecule has 0 saturated carbocycles. The quantitative estimate of drug-likeness (QED) is 0.512. The van der Waals surface area contributed by atoms with E-state index in [2.05, 4.69) is 30.0 Å². The van der Waals surface area contributed by atoms with E-state index in [-0.39, 0.29) is 11.4 Å². The van der Waals surface area contributed by atoms with Crippen LogP contribution in [-0.4, -0.2) is 26.2 Å². The predicted molar refractivity (Wildman–Crippen MR) is 58.1 cm³/mol. The van der Waals surface area contributed by atoms with Gasteiger partial charge < -0.3 is 10.1 Å². The van der Waals surface area contributed by atoms with E-state index in [4.69, 9.17) is 5.26 Å². The Balaban J connectivity index is 3.57. The molecule has 0 bridgehead atoms. The lowest BCUT2D eigenvalue weighted by atomic mass is 9.88. The summed E-state index contributed by atoms with van der Waals surface area (Å²) in [5.41, 5.74) is 0.103. The Hall–Kier alpha value is -1.08. The van der Waals surface area contributed by atoms with Gasteiger partial charge in [0, 0.05) is 19.5 Å². The summed E-state index contributed by atoms with van der Waals surface area (Å²) in [4.78, 5) is 10.8. The number of hydrogen-bond acceptors (Lipinski definition) is 4. The van der Waals surface area contributed by atoms with E-state index in [1.807, 2.05) is 0 Å². The number of hydrogen-bond donors (Lipinski definition) is 1. The van der Waals surface area contributed by atoms with Crippen LogP contribution in [-0.2, 0) is 9.53 Å². The molecule has 4 nitrogen and oxygen atoms in total. The second-order valence-corrected chi connectivity index (χ2v) is 4.33. The van der Waals surface area contributed by atoms with Crippen LogP contribution in [0.3, 0.4) is 0 Å². The van der Waals surface area contributed by atoms with Crippen LogP contribution in [0.25, 0.3) is 0 Å². The minimum Gasteiger partial charge on any atom is -0.469 e. The molecule has 0 rings (SSSR count). The van der Waals surface area contributed by atoms with Gasteiger partial charge in [-0.25, -0.2) is 0 Å². The summed E-state index contributed by atoms with van der Waals surface area (Å²) < 4.78 is 4.53. The first-order chi connectivity index (χ1) is 7.02. The Morgan fingerprint density at radius 3 is 2.73 bits per heavy atom. The number of carbonyl (C=O) groups excluding carboxylic acids is 1. The van der Waals surface area contributed by atoms with Gasteiger partial charge in [-0.05, 0) is 11.8 Å². The maximum absolute atomic E-state index is 10.8. The summed E-state index contributed by atoms with van der Waals surface area (Å²) in [5.74, 6) is -0.197. The molecular weight excluding hydrogens is 192 g/mol. The lowest BCUT2D eigenvalue weighted by Crippen LogP contribution is -2.31. The lowest BCUT2D eigenvalue weighted by Gasteiger charge is -2.23. The lowest BCUT2D eigenvalue weighted by molar-refractivity contribution is -0.140. The SMILES string of the molecule is COC(=O)CCNCC(C)(C)CCC#N. The van der Waals surface area contributed by atoms with Gasteiger partial charge in [0.2, 0.25) is 0 Å². The number of nitrogens with zero attached hydrogens (tertiary/aromatic N) is 1. The van der Waals surface area contributed by atoms with Crippen molar-refractivity contribution in [3.8, 4) is 6.07 Å². The third-order valence-electron chi connectivity index (χ3n) is 2.25. The zero-order valence-corrected chi connectivity index (χ0v) is 9.80.